The minimum Gasteiger partial charge on any atom is -0.455 e. The molecule has 7 heteroatoms. The Morgan fingerprint density at radius 1 is 1.00 bits per heavy atom. The number of nitrogens with zero attached hydrogens (tertiary/aromatic N) is 2. The lowest BCUT2D eigenvalue weighted by molar-refractivity contribution is -0.110. The van der Waals surface area contributed by atoms with Gasteiger partial charge in [0.1, 0.15) is 11.5 Å². The molecule has 0 bridgehead atoms. The minimum absolute atomic E-state index is 0.274. The number of amides is 1. The molecule has 0 saturated carbocycles. The molecule has 1 aromatic heterocycles. The molecule has 0 radical (unpaired) electrons. The number of carbonyl (C=O) groups is 1. The lowest BCUT2D eigenvalue weighted by atomic mass is 10.1. The number of nitrogens with one attached hydrogen (secondary N) is 1. The Morgan fingerprint density at radius 2 is 1.85 bits per heavy atom. The summed E-state index contributed by atoms with van der Waals surface area (Å²) in [5, 5.41) is 10.8. The fraction of sp³-hybridized carbons (Fsp3) is 0. The van der Waals surface area contributed by atoms with Gasteiger partial charge in [0.15, 0.2) is 5.71 Å². The molecule has 0 saturated heterocycles. The maximum atomic E-state index is 12.0. The van der Waals surface area contributed by atoms with Gasteiger partial charge in [-0.1, -0.05) is 44.0 Å². The average Bonchev–Trinajstić information content (AvgIpc) is 3.20. The maximum absolute atomic E-state index is 12.0. The second-order valence-corrected chi connectivity index (χ2v) is 7.38. The Hall–Kier alpha value is -2.51. The summed E-state index contributed by atoms with van der Waals surface area (Å²) < 4.78 is 7.60. The van der Waals surface area contributed by atoms with Crippen LogP contribution in [0, 0.1) is 0 Å². The number of fused-ring (bicyclic) bond motifs is 1. The molecule has 0 unspecified atom stereocenters. The number of hydrogen-bond donors (Lipinski definition) is 1. The van der Waals surface area contributed by atoms with Crippen molar-refractivity contribution in [2.24, 2.45) is 10.2 Å². The average molecular weight is 473 g/mol. The van der Waals surface area contributed by atoms with Gasteiger partial charge >= 0.3 is 0 Å². The SMILES string of the molecule is O=C1Nc2ccc(Br)cc2/C1=N\N=Cc1ccc(-c2cccc(Br)c2)o1. The molecule has 0 spiro atoms. The smallest absolute Gasteiger partial charge is 0.276 e. The van der Waals surface area contributed by atoms with Crippen LogP contribution in [0.3, 0.4) is 0 Å². The summed E-state index contributed by atoms with van der Waals surface area (Å²) in [4.78, 5) is 12.0. The van der Waals surface area contributed by atoms with Crippen LogP contribution in [0.15, 0.2) is 78.2 Å². The van der Waals surface area contributed by atoms with Gasteiger partial charge in [0.25, 0.3) is 5.91 Å². The Kier molecular flexibility index (Phi) is 4.57. The third kappa shape index (κ3) is 3.40. The van der Waals surface area contributed by atoms with Crippen LogP contribution in [-0.2, 0) is 4.79 Å². The van der Waals surface area contributed by atoms with Crippen LogP contribution < -0.4 is 5.32 Å². The minimum atomic E-state index is -0.274. The second-order valence-electron chi connectivity index (χ2n) is 5.55. The highest BCUT2D eigenvalue weighted by atomic mass is 79.9. The van der Waals surface area contributed by atoms with Crippen molar-refractivity contribution in [1.82, 2.24) is 0 Å². The predicted molar refractivity (Wildman–Crippen MR) is 109 cm³/mol. The number of anilines is 1. The summed E-state index contributed by atoms with van der Waals surface area (Å²) in [7, 11) is 0. The monoisotopic (exact) mass is 471 g/mol. The van der Waals surface area contributed by atoms with E-state index in [0.717, 1.165) is 31.5 Å². The van der Waals surface area contributed by atoms with E-state index in [0.29, 0.717) is 5.76 Å². The van der Waals surface area contributed by atoms with Crippen molar-refractivity contribution in [3.63, 3.8) is 0 Å². The zero-order valence-electron chi connectivity index (χ0n) is 13.2. The number of benzene rings is 2. The molecule has 26 heavy (non-hydrogen) atoms. The standard InChI is InChI=1S/C19H11Br2N3O2/c20-12-3-1-2-11(8-12)17-7-5-14(26-17)10-22-24-18-15-9-13(21)4-6-16(15)23-19(18)25/h1-10H,(H,23,24,25). The summed E-state index contributed by atoms with van der Waals surface area (Å²) >= 11 is 6.84. The summed E-state index contributed by atoms with van der Waals surface area (Å²) in [6.07, 6.45) is 1.48. The van der Waals surface area contributed by atoms with E-state index in [1.54, 1.807) is 6.07 Å². The van der Waals surface area contributed by atoms with Gasteiger partial charge in [-0.2, -0.15) is 5.10 Å². The van der Waals surface area contributed by atoms with E-state index < -0.39 is 0 Å². The van der Waals surface area contributed by atoms with Crippen molar-refractivity contribution < 1.29 is 9.21 Å². The summed E-state index contributed by atoms with van der Waals surface area (Å²) in [5.74, 6) is 1.01. The zero-order chi connectivity index (χ0) is 18.1. The van der Waals surface area contributed by atoms with E-state index in [1.807, 2.05) is 48.5 Å². The Morgan fingerprint density at radius 3 is 2.69 bits per heavy atom. The van der Waals surface area contributed by atoms with Gasteiger partial charge in [-0.15, -0.1) is 5.10 Å². The first-order valence-electron chi connectivity index (χ1n) is 7.68. The van der Waals surface area contributed by atoms with Gasteiger partial charge in [-0.05, 0) is 42.5 Å². The van der Waals surface area contributed by atoms with Crippen molar-refractivity contribution in [2.75, 3.05) is 5.32 Å². The molecule has 1 aliphatic rings. The van der Waals surface area contributed by atoms with Crippen LogP contribution in [0.4, 0.5) is 5.69 Å². The van der Waals surface area contributed by atoms with E-state index in [9.17, 15) is 4.79 Å². The first-order chi connectivity index (χ1) is 12.6. The topological polar surface area (TPSA) is 67.0 Å². The largest absolute Gasteiger partial charge is 0.455 e. The Bertz CT molecular complexity index is 1070. The lowest BCUT2D eigenvalue weighted by Gasteiger charge is -1.97. The lowest BCUT2D eigenvalue weighted by Crippen LogP contribution is -2.13. The van der Waals surface area contributed by atoms with Gasteiger partial charge < -0.3 is 9.73 Å². The van der Waals surface area contributed by atoms with Crippen LogP contribution in [0.1, 0.15) is 11.3 Å². The number of carbonyl (C=O) groups excluding carboxylic acids is 1. The number of furan rings is 1. The highest BCUT2D eigenvalue weighted by Crippen LogP contribution is 2.27. The fourth-order valence-electron chi connectivity index (χ4n) is 2.59. The van der Waals surface area contributed by atoms with E-state index >= 15 is 0 Å². The van der Waals surface area contributed by atoms with Gasteiger partial charge in [0, 0.05) is 20.1 Å². The number of rotatable bonds is 3. The van der Waals surface area contributed by atoms with Crippen molar-refractivity contribution in [1.29, 1.82) is 0 Å². The number of hydrogen-bond acceptors (Lipinski definition) is 4. The first-order valence-corrected chi connectivity index (χ1v) is 9.27. The predicted octanol–water partition coefficient (Wildman–Crippen LogP) is 5.25. The van der Waals surface area contributed by atoms with Crippen LogP contribution in [0.5, 0.6) is 0 Å². The Labute approximate surface area is 166 Å². The molecule has 0 aliphatic carbocycles. The zero-order valence-corrected chi connectivity index (χ0v) is 16.4. The highest BCUT2D eigenvalue weighted by Gasteiger charge is 2.26. The van der Waals surface area contributed by atoms with Gasteiger partial charge in [-0.25, -0.2) is 0 Å². The normalized spacial score (nSPS) is 14.8. The third-order valence-corrected chi connectivity index (χ3v) is 4.77. The highest BCUT2D eigenvalue weighted by molar-refractivity contribution is 9.10. The molecule has 1 amide bonds. The summed E-state index contributed by atoms with van der Waals surface area (Å²) in [6.45, 7) is 0. The second kappa shape index (κ2) is 7.01. The molecule has 2 heterocycles. The van der Waals surface area contributed by atoms with E-state index in [-0.39, 0.29) is 11.6 Å². The molecule has 3 aromatic rings. The van der Waals surface area contributed by atoms with Crippen molar-refractivity contribution in [2.45, 2.75) is 0 Å². The molecule has 5 nitrogen and oxygen atoms in total. The third-order valence-electron chi connectivity index (χ3n) is 3.78. The molecule has 0 fully saturated rings. The molecule has 1 aliphatic heterocycles. The summed E-state index contributed by atoms with van der Waals surface area (Å²) in [6, 6.07) is 17.0. The molecular formula is C19H11Br2N3O2. The van der Waals surface area contributed by atoms with Crippen molar-refractivity contribution in [3.8, 4) is 11.3 Å². The summed E-state index contributed by atoms with van der Waals surface area (Å²) in [5.41, 5.74) is 2.67. The molecule has 4 rings (SSSR count). The molecule has 0 atom stereocenters. The molecule has 128 valence electrons. The van der Waals surface area contributed by atoms with E-state index in [2.05, 4.69) is 47.4 Å². The van der Waals surface area contributed by atoms with Crippen molar-refractivity contribution in [3.05, 3.63) is 74.9 Å². The van der Waals surface area contributed by atoms with Crippen LogP contribution in [-0.4, -0.2) is 17.8 Å². The van der Waals surface area contributed by atoms with Crippen molar-refractivity contribution >= 4 is 55.4 Å². The number of halogens is 2. The van der Waals surface area contributed by atoms with Crippen LogP contribution >= 0.6 is 31.9 Å². The fourth-order valence-corrected chi connectivity index (χ4v) is 3.35. The molecule has 2 aromatic carbocycles. The molecule has 1 N–H and O–H groups in total. The van der Waals surface area contributed by atoms with Gasteiger partial charge in [0.05, 0.1) is 11.9 Å². The quantitative estimate of drug-likeness (QED) is 0.418. The van der Waals surface area contributed by atoms with Crippen LogP contribution in [0.25, 0.3) is 11.3 Å². The first kappa shape index (κ1) is 16.9. The Balaban J connectivity index is 1.57. The molecular weight excluding hydrogens is 462 g/mol. The van der Waals surface area contributed by atoms with Crippen LogP contribution in [0.2, 0.25) is 0 Å². The van der Waals surface area contributed by atoms with E-state index in [1.165, 1.54) is 6.21 Å². The van der Waals surface area contributed by atoms with E-state index in [4.69, 9.17) is 4.42 Å². The van der Waals surface area contributed by atoms with Gasteiger partial charge in [-0.3, -0.25) is 4.79 Å². The maximum Gasteiger partial charge on any atom is 0.276 e. The van der Waals surface area contributed by atoms with Gasteiger partial charge in [0.2, 0.25) is 0 Å².